The van der Waals surface area contributed by atoms with Gasteiger partial charge in [0.1, 0.15) is 0 Å². The van der Waals surface area contributed by atoms with E-state index in [4.69, 9.17) is 0 Å². The lowest BCUT2D eigenvalue weighted by Gasteiger charge is -2.09. The highest BCUT2D eigenvalue weighted by atomic mass is 32.2. The third-order valence-corrected chi connectivity index (χ3v) is 5.87. The number of hydrazone groups is 1. The SMILES string of the molecule is O=C(CSc1nc2ccccc2n1Cc1ccccc1)N/N=C/C=C\c1ccccc1[N+](=O)[O-]. The maximum atomic E-state index is 12.3. The van der Waals surface area contributed by atoms with Crippen molar-refractivity contribution in [2.75, 3.05) is 5.75 Å². The molecule has 0 unspecified atom stereocenters. The Morgan fingerprint density at radius 1 is 1.06 bits per heavy atom. The Labute approximate surface area is 200 Å². The molecule has 4 rings (SSSR count). The number of hydrogen-bond acceptors (Lipinski definition) is 6. The third kappa shape index (κ3) is 5.76. The predicted octanol–water partition coefficient (Wildman–Crippen LogP) is 4.90. The first-order chi connectivity index (χ1) is 16.6. The molecule has 0 fully saturated rings. The summed E-state index contributed by atoms with van der Waals surface area (Å²) in [6.45, 7) is 0.653. The summed E-state index contributed by atoms with van der Waals surface area (Å²) in [5.41, 5.74) is 5.96. The van der Waals surface area contributed by atoms with Crippen LogP contribution in [0.2, 0.25) is 0 Å². The minimum absolute atomic E-state index is 0.00553. The summed E-state index contributed by atoms with van der Waals surface area (Å²) in [7, 11) is 0. The van der Waals surface area contributed by atoms with Gasteiger partial charge in [-0.1, -0.05) is 66.4 Å². The van der Waals surface area contributed by atoms with E-state index in [-0.39, 0.29) is 17.3 Å². The lowest BCUT2D eigenvalue weighted by molar-refractivity contribution is -0.385. The molecule has 0 aliphatic carbocycles. The minimum Gasteiger partial charge on any atom is -0.314 e. The Balaban J connectivity index is 1.37. The van der Waals surface area contributed by atoms with Crippen LogP contribution < -0.4 is 5.43 Å². The molecule has 0 spiro atoms. The monoisotopic (exact) mass is 471 g/mol. The highest BCUT2D eigenvalue weighted by Gasteiger charge is 2.13. The van der Waals surface area contributed by atoms with E-state index in [2.05, 4.69) is 32.2 Å². The van der Waals surface area contributed by atoms with Gasteiger partial charge in [-0.05, 0) is 35.9 Å². The number of amides is 1. The van der Waals surface area contributed by atoms with Gasteiger partial charge < -0.3 is 4.57 Å². The number of rotatable bonds is 9. The van der Waals surface area contributed by atoms with Gasteiger partial charge in [-0.2, -0.15) is 5.10 Å². The Hall–Kier alpha value is -4.24. The van der Waals surface area contributed by atoms with E-state index < -0.39 is 4.92 Å². The number of nitrogens with one attached hydrogen (secondary N) is 1. The van der Waals surface area contributed by atoms with E-state index in [1.54, 1.807) is 24.3 Å². The first-order valence-corrected chi connectivity index (χ1v) is 11.4. The average Bonchev–Trinajstić information content (AvgIpc) is 3.20. The second-order valence-electron chi connectivity index (χ2n) is 7.23. The fourth-order valence-corrected chi connectivity index (χ4v) is 4.14. The van der Waals surface area contributed by atoms with Crippen LogP contribution in [0.1, 0.15) is 11.1 Å². The number of hydrogen-bond donors (Lipinski definition) is 1. The van der Waals surface area contributed by atoms with E-state index in [1.165, 1.54) is 30.1 Å². The molecular weight excluding hydrogens is 450 g/mol. The third-order valence-electron chi connectivity index (χ3n) is 4.89. The average molecular weight is 472 g/mol. The van der Waals surface area contributed by atoms with Crippen LogP contribution in [0.5, 0.6) is 0 Å². The molecule has 0 saturated carbocycles. The molecule has 1 aromatic heterocycles. The number of thioether (sulfide) groups is 1. The summed E-state index contributed by atoms with van der Waals surface area (Å²) in [6.07, 6.45) is 4.48. The van der Waals surface area contributed by atoms with E-state index in [0.717, 1.165) is 21.8 Å². The van der Waals surface area contributed by atoms with Crippen molar-refractivity contribution in [1.29, 1.82) is 0 Å². The second kappa shape index (κ2) is 11.1. The quantitative estimate of drug-likeness (QED) is 0.162. The van der Waals surface area contributed by atoms with Crippen LogP contribution in [0, 0.1) is 10.1 Å². The van der Waals surface area contributed by atoms with Crippen molar-refractivity contribution in [1.82, 2.24) is 15.0 Å². The molecule has 34 heavy (non-hydrogen) atoms. The summed E-state index contributed by atoms with van der Waals surface area (Å²) in [4.78, 5) is 27.6. The van der Waals surface area contributed by atoms with Crippen LogP contribution in [-0.2, 0) is 11.3 Å². The van der Waals surface area contributed by atoms with Crippen molar-refractivity contribution in [3.63, 3.8) is 0 Å². The summed E-state index contributed by atoms with van der Waals surface area (Å²) >= 11 is 1.34. The van der Waals surface area contributed by atoms with Crippen LogP contribution in [0.4, 0.5) is 5.69 Å². The molecule has 8 nitrogen and oxygen atoms in total. The number of nitro groups is 1. The Kier molecular flexibility index (Phi) is 7.46. The van der Waals surface area contributed by atoms with Crippen LogP contribution in [-0.4, -0.2) is 32.3 Å². The maximum Gasteiger partial charge on any atom is 0.276 e. The highest BCUT2D eigenvalue weighted by Crippen LogP contribution is 2.25. The molecule has 0 atom stereocenters. The van der Waals surface area contributed by atoms with Crippen molar-refractivity contribution in [3.8, 4) is 0 Å². The lowest BCUT2D eigenvalue weighted by Crippen LogP contribution is -2.19. The smallest absolute Gasteiger partial charge is 0.276 e. The fraction of sp³-hybridized carbons (Fsp3) is 0.0800. The summed E-state index contributed by atoms with van der Waals surface area (Å²) in [5.74, 6) is -0.137. The molecule has 3 aromatic carbocycles. The van der Waals surface area contributed by atoms with E-state index in [0.29, 0.717) is 12.1 Å². The van der Waals surface area contributed by atoms with Gasteiger partial charge in [-0.3, -0.25) is 14.9 Å². The van der Waals surface area contributed by atoms with Crippen molar-refractivity contribution in [2.45, 2.75) is 11.7 Å². The number of carbonyl (C=O) groups is 1. The highest BCUT2D eigenvalue weighted by molar-refractivity contribution is 7.99. The van der Waals surface area contributed by atoms with Gasteiger partial charge in [-0.15, -0.1) is 0 Å². The number of carbonyl (C=O) groups excluding carboxylic acids is 1. The van der Waals surface area contributed by atoms with Crippen molar-refractivity contribution >= 4 is 46.7 Å². The fourth-order valence-electron chi connectivity index (χ4n) is 3.34. The zero-order valence-corrected chi connectivity index (χ0v) is 18.9. The number of aromatic nitrogens is 2. The van der Waals surface area contributed by atoms with Crippen molar-refractivity contribution < 1.29 is 9.72 Å². The van der Waals surface area contributed by atoms with Gasteiger partial charge in [0, 0.05) is 12.3 Å². The summed E-state index contributed by atoms with van der Waals surface area (Å²) in [5, 5.41) is 15.7. The Bertz CT molecular complexity index is 1370. The van der Waals surface area contributed by atoms with Gasteiger partial charge in [0.15, 0.2) is 5.16 Å². The molecule has 170 valence electrons. The molecule has 1 heterocycles. The zero-order chi connectivity index (χ0) is 23.8. The number of para-hydroxylation sites is 3. The number of nitro benzene ring substituents is 1. The molecule has 0 aliphatic rings. The molecule has 4 aromatic rings. The first kappa shape index (κ1) is 22.9. The molecule has 1 amide bonds. The summed E-state index contributed by atoms with van der Waals surface area (Å²) in [6, 6.07) is 24.4. The van der Waals surface area contributed by atoms with Crippen LogP contribution in [0.25, 0.3) is 17.1 Å². The number of benzene rings is 3. The molecule has 0 saturated heterocycles. The normalized spacial score (nSPS) is 11.4. The number of fused-ring (bicyclic) bond motifs is 1. The van der Waals surface area contributed by atoms with E-state index in [9.17, 15) is 14.9 Å². The number of nitrogens with zero attached hydrogens (tertiary/aromatic N) is 4. The Morgan fingerprint density at radius 3 is 2.62 bits per heavy atom. The molecule has 0 radical (unpaired) electrons. The van der Waals surface area contributed by atoms with Crippen molar-refractivity contribution in [3.05, 3.63) is 106 Å². The van der Waals surface area contributed by atoms with Gasteiger partial charge >= 0.3 is 0 Å². The summed E-state index contributed by atoms with van der Waals surface area (Å²) < 4.78 is 2.10. The number of allylic oxidation sites excluding steroid dienone is 1. The van der Waals surface area contributed by atoms with Gasteiger partial charge in [-0.25, -0.2) is 10.4 Å². The lowest BCUT2D eigenvalue weighted by atomic mass is 10.2. The topological polar surface area (TPSA) is 102 Å². The van der Waals surface area contributed by atoms with Gasteiger partial charge in [0.05, 0.1) is 33.8 Å². The van der Waals surface area contributed by atoms with Crippen molar-refractivity contribution in [2.24, 2.45) is 5.10 Å². The predicted molar refractivity (Wildman–Crippen MR) is 135 cm³/mol. The maximum absolute atomic E-state index is 12.3. The van der Waals surface area contributed by atoms with Gasteiger partial charge in [0.2, 0.25) is 0 Å². The first-order valence-electron chi connectivity index (χ1n) is 10.5. The molecule has 1 N–H and O–H groups in total. The standard InChI is InChI=1S/C25H21N5O3S/c31-24(28-26-16-8-12-20-11-4-6-14-22(20)30(32)33)18-34-25-27-21-13-5-7-15-23(21)29(25)17-19-9-2-1-3-10-19/h1-16H,17-18H2,(H,28,31)/b12-8-,26-16+. The molecule has 0 bridgehead atoms. The largest absolute Gasteiger partial charge is 0.314 e. The molecule has 0 aliphatic heterocycles. The van der Waals surface area contributed by atoms with E-state index >= 15 is 0 Å². The number of imidazole rings is 1. The van der Waals surface area contributed by atoms with Crippen LogP contribution in [0.15, 0.2) is 95.2 Å². The molecular formula is C25H21N5O3S. The minimum atomic E-state index is -0.444. The van der Waals surface area contributed by atoms with Gasteiger partial charge in [0.25, 0.3) is 11.6 Å². The second-order valence-corrected chi connectivity index (χ2v) is 8.17. The Morgan fingerprint density at radius 2 is 1.79 bits per heavy atom. The zero-order valence-electron chi connectivity index (χ0n) is 18.1. The van der Waals surface area contributed by atoms with Crippen LogP contribution >= 0.6 is 11.8 Å². The van der Waals surface area contributed by atoms with E-state index in [1.807, 2.05) is 42.5 Å². The van der Waals surface area contributed by atoms with Crippen LogP contribution in [0.3, 0.4) is 0 Å². The molecule has 9 heteroatoms.